The van der Waals surface area contributed by atoms with Crippen molar-refractivity contribution in [3.05, 3.63) is 29.8 Å². The Labute approximate surface area is 89.2 Å². The first kappa shape index (κ1) is 9.87. The average molecular weight is 209 g/mol. The van der Waals surface area contributed by atoms with Gasteiger partial charge in [-0.25, -0.2) is 0 Å². The molecule has 0 radical (unpaired) electrons. The van der Waals surface area contributed by atoms with E-state index in [1.807, 2.05) is 18.2 Å². The molecule has 1 fully saturated rings. The van der Waals surface area contributed by atoms with Crippen LogP contribution in [-0.2, 0) is 5.75 Å². The standard InChI is InChI=1S/C7H6OS.C4H9N/c1-2-4-7-6(3-1)5-9-8-7;1-2-4-5-3-1/h1-4H,5H2;5H,1-4H2. The number of hydrogen-bond acceptors (Lipinski definition) is 3. The maximum Gasteiger partial charge on any atom is 0.141 e. The molecule has 2 nitrogen and oxygen atoms in total. The van der Waals surface area contributed by atoms with Crippen molar-refractivity contribution in [2.45, 2.75) is 18.6 Å². The van der Waals surface area contributed by atoms with Crippen molar-refractivity contribution in [1.29, 1.82) is 0 Å². The highest BCUT2D eigenvalue weighted by Gasteiger charge is 2.10. The lowest BCUT2D eigenvalue weighted by atomic mass is 10.2. The minimum absolute atomic E-state index is 0.996. The van der Waals surface area contributed by atoms with Crippen LogP contribution in [0, 0.1) is 0 Å². The molecule has 2 aliphatic rings. The van der Waals surface area contributed by atoms with Crippen LogP contribution in [0.3, 0.4) is 0 Å². The zero-order chi connectivity index (χ0) is 9.64. The normalized spacial score (nSPS) is 18.0. The van der Waals surface area contributed by atoms with E-state index < -0.39 is 0 Å². The maximum absolute atomic E-state index is 5.22. The Kier molecular flexibility index (Phi) is 3.72. The predicted molar refractivity (Wildman–Crippen MR) is 60.5 cm³/mol. The van der Waals surface area contributed by atoms with Crippen molar-refractivity contribution in [3.63, 3.8) is 0 Å². The summed E-state index contributed by atoms with van der Waals surface area (Å²) < 4.78 is 5.22. The molecule has 1 aromatic rings. The van der Waals surface area contributed by atoms with Crippen molar-refractivity contribution < 1.29 is 4.18 Å². The van der Waals surface area contributed by atoms with Crippen molar-refractivity contribution >= 4 is 12.0 Å². The molecular weight excluding hydrogens is 194 g/mol. The molecule has 1 aromatic carbocycles. The summed E-state index contributed by atoms with van der Waals surface area (Å²) in [6.45, 7) is 2.50. The van der Waals surface area contributed by atoms with Crippen molar-refractivity contribution in [1.82, 2.24) is 5.32 Å². The zero-order valence-corrected chi connectivity index (χ0v) is 8.98. The predicted octanol–water partition coefficient (Wildman–Crippen LogP) is 2.60. The van der Waals surface area contributed by atoms with Crippen LogP contribution in [0.15, 0.2) is 24.3 Å². The summed E-state index contributed by atoms with van der Waals surface area (Å²) in [5, 5.41) is 3.22. The fraction of sp³-hybridized carbons (Fsp3) is 0.455. The number of nitrogens with one attached hydrogen (secondary N) is 1. The Morgan fingerprint density at radius 1 is 1.14 bits per heavy atom. The molecule has 0 aromatic heterocycles. The third kappa shape index (κ3) is 2.66. The molecule has 2 aliphatic heterocycles. The van der Waals surface area contributed by atoms with E-state index in [1.165, 1.54) is 43.5 Å². The lowest BCUT2D eigenvalue weighted by Crippen LogP contribution is -2.03. The topological polar surface area (TPSA) is 21.3 Å². The first-order valence-electron chi connectivity index (χ1n) is 5.05. The molecule has 3 heteroatoms. The molecule has 0 bridgehead atoms. The van der Waals surface area contributed by atoms with Crippen LogP contribution >= 0.6 is 12.0 Å². The molecule has 76 valence electrons. The number of hydrogen-bond donors (Lipinski definition) is 1. The van der Waals surface area contributed by atoms with Gasteiger partial charge < -0.3 is 9.50 Å². The molecule has 0 saturated carbocycles. The first-order valence-corrected chi connectivity index (χ1v) is 5.96. The molecule has 0 atom stereocenters. The van der Waals surface area contributed by atoms with Gasteiger partial charge in [0.15, 0.2) is 0 Å². The minimum Gasteiger partial charge on any atom is -0.425 e. The third-order valence-electron chi connectivity index (χ3n) is 2.29. The summed E-state index contributed by atoms with van der Waals surface area (Å²) in [6.07, 6.45) is 2.78. The summed E-state index contributed by atoms with van der Waals surface area (Å²) >= 11 is 1.50. The molecule has 0 amide bonds. The van der Waals surface area contributed by atoms with E-state index in [1.54, 1.807) is 0 Å². The van der Waals surface area contributed by atoms with Gasteiger partial charge in [0, 0.05) is 5.56 Å². The van der Waals surface area contributed by atoms with E-state index in [-0.39, 0.29) is 0 Å². The van der Waals surface area contributed by atoms with E-state index >= 15 is 0 Å². The third-order valence-corrected chi connectivity index (χ3v) is 3.02. The fourth-order valence-electron chi connectivity index (χ4n) is 1.49. The molecule has 2 heterocycles. The van der Waals surface area contributed by atoms with Crippen LogP contribution in [-0.4, -0.2) is 13.1 Å². The summed E-state index contributed by atoms with van der Waals surface area (Å²) in [6, 6.07) is 8.11. The monoisotopic (exact) mass is 209 g/mol. The Bertz CT molecular complexity index is 256. The number of para-hydroxylation sites is 1. The summed E-state index contributed by atoms with van der Waals surface area (Å²) in [5.74, 6) is 2.03. The van der Waals surface area contributed by atoms with Gasteiger partial charge in [-0.1, -0.05) is 18.2 Å². The van der Waals surface area contributed by atoms with Crippen LogP contribution in [0.1, 0.15) is 18.4 Å². The van der Waals surface area contributed by atoms with Gasteiger partial charge in [-0.15, -0.1) is 0 Å². The van der Waals surface area contributed by atoms with Crippen LogP contribution in [0.25, 0.3) is 0 Å². The molecule has 14 heavy (non-hydrogen) atoms. The van der Waals surface area contributed by atoms with Gasteiger partial charge in [0.05, 0.1) is 17.8 Å². The van der Waals surface area contributed by atoms with E-state index in [9.17, 15) is 0 Å². The Balaban J connectivity index is 0.000000128. The molecule has 0 spiro atoms. The van der Waals surface area contributed by atoms with Crippen molar-refractivity contribution in [3.8, 4) is 5.75 Å². The fourth-order valence-corrected chi connectivity index (χ4v) is 2.20. The van der Waals surface area contributed by atoms with Gasteiger partial charge in [0.25, 0.3) is 0 Å². The highest BCUT2D eigenvalue weighted by Crippen LogP contribution is 2.32. The van der Waals surface area contributed by atoms with Gasteiger partial charge in [-0.2, -0.15) is 0 Å². The summed E-state index contributed by atoms with van der Waals surface area (Å²) in [5.41, 5.74) is 1.31. The van der Waals surface area contributed by atoms with Gasteiger partial charge in [0.1, 0.15) is 5.75 Å². The Morgan fingerprint density at radius 2 is 1.93 bits per heavy atom. The summed E-state index contributed by atoms with van der Waals surface area (Å²) in [4.78, 5) is 0. The molecule has 0 aliphatic carbocycles. The quantitative estimate of drug-likeness (QED) is 0.664. The van der Waals surface area contributed by atoms with Crippen LogP contribution < -0.4 is 9.50 Å². The Hall–Kier alpha value is -0.670. The minimum atomic E-state index is 0.996. The first-order chi connectivity index (χ1) is 6.97. The van der Waals surface area contributed by atoms with Gasteiger partial charge in [0.2, 0.25) is 0 Å². The number of fused-ring (bicyclic) bond motifs is 1. The smallest absolute Gasteiger partial charge is 0.141 e. The summed E-state index contributed by atoms with van der Waals surface area (Å²) in [7, 11) is 0. The van der Waals surface area contributed by atoms with E-state index in [0.717, 1.165) is 11.5 Å². The Morgan fingerprint density at radius 3 is 2.57 bits per heavy atom. The molecule has 0 unspecified atom stereocenters. The van der Waals surface area contributed by atoms with Crippen molar-refractivity contribution in [2.75, 3.05) is 13.1 Å². The van der Waals surface area contributed by atoms with Crippen molar-refractivity contribution in [2.24, 2.45) is 0 Å². The molecule has 1 N–H and O–H groups in total. The second kappa shape index (κ2) is 5.27. The lowest BCUT2D eigenvalue weighted by molar-refractivity contribution is 0.661. The van der Waals surface area contributed by atoms with Crippen LogP contribution in [0.5, 0.6) is 5.75 Å². The second-order valence-corrected chi connectivity index (χ2v) is 4.10. The van der Waals surface area contributed by atoms with Gasteiger partial charge in [-0.3, -0.25) is 0 Å². The van der Waals surface area contributed by atoms with E-state index in [2.05, 4.69) is 11.4 Å². The molecule has 3 rings (SSSR count). The van der Waals surface area contributed by atoms with Crippen LogP contribution in [0.4, 0.5) is 0 Å². The van der Waals surface area contributed by atoms with Gasteiger partial charge >= 0.3 is 0 Å². The maximum atomic E-state index is 5.22. The molecule has 1 saturated heterocycles. The van der Waals surface area contributed by atoms with Crippen LogP contribution in [0.2, 0.25) is 0 Å². The lowest BCUT2D eigenvalue weighted by Gasteiger charge is -1.91. The van der Waals surface area contributed by atoms with E-state index in [4.69, 9.17) is 4.18 Å². The number of rotatable bonds is 0. The number of benzene rings is 1. The highest BCUT2D eigenvalue weighted by molar-refractivity contribution is 7.94. The molecular formula is C11H15NOS. The zero-order valence-electron chi connectivity index (χ0n) is 8.16. The largest absolute Gasteiger partial charge is 0.425 e. The average Bonchev–Trinajstić information content (AvgIpc) is 2.92. The highest BCUT2D eigenvalue weighted by atomic mass is 32.2. The van der Waals surface area contributed by atoms with Gasteiger partial charge in [-0.05, 0) is 32.0 Å². The second-order valence-electron chi connectivity index (χ2n) is 3.41. The SMILES string of the molecule is C1CCNC1.c1ccc2c(c1)CSO2. The van der Waals surface area contributed by atoms with E-state index in [0.29, 0.717) is 0 Å².